The largest absolute Gasteiger partial charge is 0.399 e. The van der Waals surface area contributed by atoms with Crippen LogP contribution in [-0.4, -0.2) is 37.0 Å². The fourth-order valence-corrected chi connectivity index (χ4v) is 3.00. The van der Waals surface area contributed by atoms with Gasteiger partial charge in [-0.25, -0.2) is 0 Å². The number of piperidine rings is 1. The van der Waals surface area contributed by atoms with Gasteiger partial charge in [0.05, 0.1) is 0 Å². The van der Waals surface area contributed by atoms with Gasteiger partial charge in [0.25, 0.3) is 5.91 Å². The number of carbonyl (C=O) groups excluding carboxylic acids is 1. The van der Waals surface area contributed by atoms with Crippen molar-refractivity contribution in [3.8, 4) is 0 Å². The zero-order valence-corrected chi connectivity index (χ0v) is 13.7. The molecular formula is C18H29N3O. The van der Waals surface area contributed by atoms with E-state index < -0.39 is 0 Å². The Kier molecular flexibility index (Phi) is 6.72. The van der Waals surface area contributed by atoms with Crippen molar-refractivity contribution in [2.24, 2.45) is 0 Å². The molecule has 1 aromatic rings. The number of nitrogens with zero attached hydrogens (tertiary/aromatic N) is 1. The number of nitrogens with one attached hydrogen (secondary N) is 1. The van der Waals surface area contributed by atoms with E-state index >= 15 is 0 Å². The third kappa shape index (κ3) is 5.34. The van der Waals surface area contributed by atoms with Gasteiger partial charge in [0, 0.05) is 17.8 Å². The summed E-state index contributed by atoms with van der Waals surface area (Å²) in [6.07, 6.45) is 7.55. The lowest BCUT2D eigenvalue weighted by Gasteiger charge is -2.26. The molecule has 1 aliphatic heterocycles. The van der Waals surface area contributed by atoms with Crippen LogP contribution >= 0.6 is 0 Å². The first kappa shape index (κ1) is 16.8. The first-order valence-electron chi connectivity index (χ1n) is 8.53. The van der Waals surface area contributed by atoms with Crippen molar-refractivity contribution in [3.63, 3.8) is 0 Å². The van der Waals surface area contributed by atoms with E-state index in [1.54, 1.807) is 6.07 Å². The molecule has 4 heteroatoms. The van der Waals surface area contributed by atoms with Gasteiger partial charge in [0.15, 0.2) is 0 Å². The molecule has 0 radical (unpaired) electrons. The molecule has 0 atom stereocenters. The molecule has 4 nitrogen and oxygen atoms in total. The number of amides is 1. The van der Waals surface area contributed by atoms with Crippen molar-refractivity contribution in [2.45, 2.75) is 45.4 Å². The number of hydrogen-bond donors (Lipinski definition) is 2. The van der Waals surface area contributed by atoms with E-state index in [1.807, 2.05) is 19.1 Å². The van der Waals surface area contributed by atoms with Gasteiger partial charge in [-0.15, -0.1) is 0 Å². The van der Waals surface area contributed by atoms with Gasteiger partial charge in [0.2, 0.25) is 0 Å². The van der Waals surface area contributed by atoms with Gasteiger partial charge in [-0.2, -0.15) is 0 Å². The van der Waals surface area contributed by atoms with Crippen LogP contribution in [0.4, 0.5) is 5.69 Å². The number of nitrogens with two attached hydrogens (primary N) is 1. The fraction of sp³-hybridized carbons (Fsp3) is 0.611. The molecule has 1 amide bonds. The molecule has 0 unspecified atom stereocenters. The van der Waals surface area contributed by atoms with Gasteiger partial charge < -0.3 is 16.0 Å². The van der Waals surface area contributed by atoms with Gasteiger partial charge in [0.1, 0.15) is 0 Å². The molecule has 1 fully saturated rings. The summed E-state index contributed by atoms with van der Waals surface area (Å²) in [5.41, 5.74) is 8.04. The highest BCUT2D eigenvalue weighted by molar-refractivity contribution is 5.96. The van der Waals surface area contributed by atoms with Crippen LogP contribution in [0.2, 0.25) is 0 Å². The Labute approximate surface area is 134 Å². The smallest absolute Gasteiger partial charge is 0.251 e. The Bertz CT molecular complexity index is 481. The van der Waals surface area contributed by atoms with Crippen molar-refractivity contribution < 1.29 is 4.79 Å². The minimum absolute atomic E-state index is 0.0131. The lowest BCUT2D eigenvalue weighted by Crippen LogP contribution is -2.30. The molecule has 0 aliphatic carbocycles. The molecule has 1 aromatic carbocycles. The lowest BCUT2D eigenvalue weighted by molar-refractivity contribution is 0.0952. The van der Waals surface area contributed by atoms with Crippen LogP contribution in [0.25, 0.3) is 0 Å². The number of nitrogen functional groups attached to an aromatic ring is 1. The summed E-state index contributed by atoms with van der Waals surface area (Å²) in [5, 5.41) is 3.00. The van der Waals surface area contributed by atoms with Crippen LogP contribution in [0.15, 0.2) is 18.2 Å². The van der Waals surface area contributed by atoms with Crippen molar-refractivity contribution in [1.82, 2.24) is 10.2 Å². The van der Waals surface area contributed by atoms with Crippen molar-refractivity contribution in [2.75, 3.05) is 31.9 Å². The van der Waals surface area contributed by atoms with Gasteiger partial charge in [-0.05, 0) is 69.9 Å². The first-order chi connectivity index (χ1) is 10.7. The Balaban J connectivity index is 1.60. The Hall–Kier alpha value is -1.55. The van der Waals surface area contributed by atoms with E-state index in [9.17, 15) is 4.79 Å². The fourth-order valence-electron chi connectivity index (χ4n) is 3.00. The normalized spacial score (nSPS) is 15.7. The first-order valence-corrected chi connectivity index (χ1v) is 8.53. The molecule has 1 saturated heterocycles. The van der Waals surface area contributed by atoms with Gasteiger partial charge in [-0.1, -0.05) is 18.9 Å². The third-order valence-electron chi connectivity index (χ3n) is 4.39. The molecule has 1 heterocycles. The molecule has 22 heavy (non-hydrogen) atoms. The Morgan fingerprint density at radius 3 is 2.73 bits per heavy atom. The monoisotopic (exact) mass is 303 g/mol. The molecule has 0 aromatic heterocycles. The predicted octanol–water partition coefficient (Wildman–Crippen LogP) is 2.96. The van der Waals surface area contributed by atoms with E-state index in [2.05, 4.69) is 10.2 Å². The quantitative estimate of drug-likeness (QED) is 0.601. The lowest BCUT2D eigenvalue weighted by atomic mass is 10.1. The number of carbonyl (C=O) groups is 1. The number of hydrogen-bond acceptors (Lipinski definition) is 3. The highest BCUT2D eigenvalue weighted by Gasteiger charge is 2.10. The van der Waals surface area contributed by atoms with Crippen LogP contribution in [0.3, 0.4) is 0 Å². The zero-order valence-electron chi connectivity index (χ0n) is 13.7. The second-order valence-electron chi connectivity index (χ2n) is 6.29. The second-order valence-corrected chi connectivity index (χ2v) is 6.29. The maximum absolute atomic E-state index is 12.1. The minimum Gasteiger partial charge on any atom is -0.399 e. The van der Waals surface area contributed by atoms with Crippen molar-refractivity contribution in [1.29, 1.82) is 0 Å². The number of unbranched alkanes of at least 4 members (excludes halogenated alkanes) is 2. The molecule has 3 N–H and O–H groups in total. The summed E-state index contributed by atoms with van der Waals surface area (Å²) in [7, 11) is 0. The highest BCUT2D eigenvalue weighted by atomic mass is 16.1. The summed E-state index contributed by atoms with van der Waals surface area (Å²) >= 11 is 0. The summed E-state index contributed by atoms with van der Waals surface area (Å²) in [4.78, 5) is 14.7. The van der Waals surface area contributed by atoms with E-state index in [0.29, 0.717) is 11.3 Å². The van der Waals surface area contributed by atoms with Crippen LogP contribution in [0.1, 0.15) is 54.4 Å². The van der Waals surface area contributed by atoms with Crippen LogP contribution in [0.5, 0.6) is 0 Å². The van der Waals surface area contributed by atoms with Crippen molar-refractivity contribution in [3.05, 3.63) is 29.3 Å². The predicted molar refractivity (Wildman–Crippen MR) is 92.1 cm³/mol. The Morgan fingerprint density at radius 1 is 1.18 bits per heavy atom. The summed E-state index contributed by atoms with van der Waals surface area (Å²) in [6.45, 7) is 6.43. The summed E-state index contributed by atoms with van der Waals surface area (Å²) in [6, 6.07) is 5.47. The Morgan fingerprint density at radius 2 is 1.95 bits per heavy atom. The van der Waals surface area contributed by atoms with Gasteiger partial charge >= 0.3 is 0 Å². The van der Waals surface area contributed by atoms with Crippen LogP contribution in [-0.2, 0) is 0 Å². The summed E-state index contributed by atoms with van der Waals surface area (Å²) < 4.78 is 0. The minimum atomic E-state index is -0.0131. The molecular weight excluding hydrogens is 274 g/mol. The number of benzene rings is 1. The molecule has 0 spiro atoms. The summed E-state index contributed by atoms with van der Waals surface area (Å²) in [5.74, 6) is -0.0131. The molecule has 122 valence electrons. The average molecular weight is 303 g/mol. The second kappa shape index (κ2) is 8.79. The van der Waals surface area contributed by atoms with E-state index in [1.165, 1.54) is 51.7 Å². The maximum Gasteiger partial charge on any atom is 0.251 e. The number of aryl methyl sites for hydroxylation is 1. The van der Waals surface area contributed by atoms with Crippen molar-refractivity contribution >= 4 is 11.6 Å². The third-order valence-corrected chi connectivity index (χ3v) is 4.39. The zero-order chi connectivity index (χ0) is 15.8. The average Bonchev–Trinajstić information content (AvgIpc) is 2.54. The van der Waals surface area contributed by atoms with Crippen LogP contribution in [0, 0.1) is 6.92 Å². The van der Waals surface area contributed by atoms with Crippen LogP contribution < -0.4 is 11.1 Å². The topological polar surface area (TPSA) is 58.4 Å². The maximum atomic E-state index is 12.1. The van der Waals surface area contributed by atoms with E-state index in [0.717, 1.165) is 18.5 Å². The molecule has 0 saturated carbocycles. The number of likely N-dealkylation sites (tertiary alicyclic amines) is 1. The molecule has 1 aliphatic rings. The molecule has 0 bridgehead atoms. The number of rotatable bonds is 7. The SMILES string of the molecule is Cc1ccc(N)cc1C(=O)NCCCCCN1CCCCC1. The molecule has 2 rings (SSSR count). The van der Waals surface area contributed by atoms with Gasteiger partial charge in [-0.3, -0.25) is 4.79 Å². The highest BCUT2D eigenvalue weighted by Crippen LogP contribution is 2.13. The number of anilines is 1. The van der Waals surface area contributed by atoms with E-state index in [4.69, 9.17) is 5.73 Å². The van der Waals surface area contributed by atoms with E-state index in [-0.39, 0.29) is 5.91 Å². The standard InChI is InChI=1S/C18H29N3O/c1-15-8-9-16(19)14-17(15)18(22)20-10-4-2-5-11-21-12-6-3-7-13-21/h8-9,14H,2-7,10-13,19H2,1H3,(H,20,22).